The van der Waals surface area contributed by atoms with Crippen molar-refractivity contribution in [2.75, 3.05) is 6.26 Å². The van der Waals surface area contributed by atoms with Crippen molar-refractivity contribution in [1.29, 1.82) is 0 Å². The number of rotatable bonds is 9. The molecule has 0 rings (SSSR count). The van der Waals surface area contributed by atoms with Crippen LogP contribution in [-0.2, 0) is 14.4 Å². The largest absolute Gasteiger partial charge is 0.384 e. The molecule has 0 aliphatic carbocycles. The third-order valence-electron chi connectivity index (χ3n) is 2.08. The Morgan fingerprint density at radius 3 is 2.31 bits per heavy atom. The highest BCUT2D eigenvalue weighted by Crippen LogP contribution is 2.06. The lowest BCUT2D eigenvalue weighted by molar-refractivity contribution is 0.341. The summed E-state index contributed by atoms with van der Waals surface area (Å²) in [6, 6.07) is 0. The van der Waals surface area contributed by atoms with Crippen LogP contribution in [0.2, 0.25) is 0 Å². The van der Waals surface area contributed by atoms with E-state index in [1.807, 2.05) is 0 Å². The number of nitrogens with two attached hydrogens (primary N) is 1. The third-order valence-corrected chi connectivity index (χ3v) is 2.42. The van der Waals surface area contributed by atoms with Crippen LogP contribution in [-0.4, -0.2) is 20.5 Å². The van der Waals surface area contributed by atoms with E-state index < -0.39 is 10.1 Å². The molecule has 2 N–H and O–H groups in total. The van der Waals surface area contributed by atoms with Crippen molar-refractivity contribution >= 4 is 16.0 Å². The number of amidine groups is 1. The average Bonchev–Trinajstić information content (AvgIpc) is 2.19. The van der Waals surface area contributed by atoms with Crippen LogP contribution in [0.25, 0.3) is 0 Å². The monoisotopic (exact) mass is 250 g/mol. The SMILES string of the molecule is CCCCCCCC/C(N)=N/OS(C)(=O)=O. The standard InChI is InChI=1S/C10H22N2O3S/c1-3-4-5-6-7-8-9-10(11)12-15-16(2,13)14/h3-9H2,1-2H3,(H2,11,12). The van der Waals surface area contributed by atoms with Gasteiger partial charge in [-0.25, -0.2) is 0 Å². The van der Waals surface area contributed by atoms with Gasteiger partial charge in [0.05, 0.1) is 6.26 Å². The van der Waals surface area contributed by atoms with Gasteiger partial charge >= 0.3 is 10.1 Å². The third kappa shape index (κ3) is 11.3. The van der Waals surface area contributed by atoms with Crippen LogP contribution in [0.3, 0.4) is 0 Å². The van der Waals surface area contributed by atoms with Crippen LogP contribution in [0.5, 0.6) is 0 Å². The Balaban J connectivity index is 3.54. The summed E-state index contributed by atoms with van der Waals surface area (Å²) in [5, 5.41) is 3.34. The minimum atomic E-state index is -3.53. The summed E-state index contributed by atoms with van der Waals surface area (Å²) in [7, 11) is -3.53. The number of nitrogens with zero attached hydrogens (tertiary/aromatic N) is 1. The smallest absolute Gasteiger partial charge is 0.325 e. The highest BCUT2D eigenvalue weighted by atomic mass is 32.2. The molecule has 5 nitrogen and oxygen atoms in total. The molecule has 0 amide bonds. The molecule has 0 aliphatic heterocycles. The molecule has 0 spiro atoms. The molecule has 0 bridgehead atoms. The molecule has 96 valence electrons. The van der Waals surface area contributed by atoms with Crippen LogP contribution in [0.15, 0.2) is 5.16 Å². The Morgan fingerprint density at radius 2 is 1.75 bits per heavy atom. The van der Waals surface area contributed by atoms with Gasteiger partial charge in [-0.2, -0.15) is 8.42 Å². The average molecular weight is 250 g/mol. The van der Waals surface area contributed by atoms with E-state index in [1.54, 1.807) is 0 Å². The zero-order valence-electron chi connectivity index (χ0n) is 10.1. The van der Waals surface area contributed by atoms with Crippen molar-refractivity contribution < 1.29 is 12.7 Å². The van der Waals surface area contributed by atoms with Gasteiger partial charge in [-0.05, 0) is 6.42 Å². The maximum Gasteiger partial charge on any atom is 0.325 e. The summed E-state index contributed by atoms with van der Waals surface area (Å²) in [5.41, 5.74) is 5.48. The molecule has 6 heteroatoms. The van der Waals surface area contributed by atoms with Crippen molar-refractivity contribution in [3.63, 3.8) is 0 Å². The van der Waals surface area contributed by atoms with Crippen molar-refractivity contribution in [3.05, 3.63) is 0 Å². The molecule has 0 aromatic rings. The van der Waals surface area contributed by atoms with Crippen molar-refractivity contribution in [2.45, 2.75) is 51.9 Å². The molecule has 0 fully saturated rings. The van der Waals surface area contributed by atoms with Crippen LogP contribution in [0.4, 0.5) is 0 Å². The fraction of sp³-hybridized carbons (Fsp3) is 0.900. The van der Waals surface area contributed by atoms with E-state index in [0.717, 1.165) is 19.1 Å². The van der Waals surface area contributed by atoms with E-state index in [2.05, 4.69) is 16.4 Å². The first kappa shape index (κ1) is 15.2. The molecule has 0 heterocycles. The summed E-state index contributed by atoms with van der Waals surface area (Å²) < 4.78 is 25.4. The molecule has 0 radical (unpaired) electrons. The topological polar surface area (TPSA) is 81.8 Å². The second kappa shape index (κ2) is 8.38. The molecule has 0 saturated carbocycles. The minimum absolute atomic E-state index is 0.237. The summed E-state index contributed by atoms with van der Waals surface area (Å²) >= 11 is 0. The van der Waals surface area contributed by atoms with Crippen molar-refractivity contribution in [1.82, 2.24) is 0 Å². The molecule has 0 saturated heterocycles. The van der Waals surface area contributed by atoms with Crippen molar-refractivity contribution in [3.8, 4) is 0 Å². The van der Waals surface area contributed by atoms with Gasteiger partial charge in [0.25, 0.3) is 0 Å². The Bertz CT molecular complexity index is 299. The first-order valence-electron chi connectivity index (χ1n) is 5.66. The molecule has 16 heavy (non-hydrogen) atoms. The Hall–Kier alpha value is -0.780. The lowest BCUT2D eigenvalue weighted by Crippen LogP contribution is -2.13. The summed E-state index contributed by atoms with van der Waals surface area (Å²) in [5.74, 6) is 0.237. The van der Waals surface area contributed by atoms with Crippen LogP contribution in [0, 0.1) is 0 Å². The van der Waals surface area contributed by atoms with Crippen molar-refractivity contribution in [2.24, 2.45) is 10.9 Å². The first-order valence-corrected chi connectivity index (χ1v) is 7.48. The second-order valence-corrected chi connectivity index (χ2v) is 5.44. The maximum absolute atomic E-state index is 10.6. The maximum atomic E-state index is 10.6. The van der Waals surface area contributed by atoms with Gasteiger partial charge in [0.2, 0.25) is 0 Å². The Kier molecular flexibility index (Phi) is 7.97. The summed E-state index contributed by atoms with van der Waals surface area (Å²) in [4.78, 5) is 0. The van der Waals surface area contributed by atoms with E-state index in [-0.39, 0.29) is 5.84 Å². The molecule has 0 aromatic carbocycles. The predicted octanol–water partition coefficient (Wildman–Crippen LogP) is 1.99. The number of unbranched alkanes of at least 4 members (excludes halogenated alkanes) is 5. The van der Waals surface area contributed by atoms with E-state index in [4.69, 9.17) is 5.73 Å². The number of oxime groups is 1. The van der Waals surface area contributed by atoms with Gasteiger partial charge in [0.15, 0.2) is 0 Å². The zero-order valence-corrected chi connectivity index (χ0v) is 10.9. The Labute approximate surface area is 98.2 Å². The van der Waals surface area contributed by atoms with E-state index >= 15 is 0 Å². The number of hydrogen-bond donors (Lipinski definition) is 1. The van der Waals surface area contributed by atoms with Gasteiger partial charge in [-0.1, -0.05) is 44.2 Å². The van der Waals surface area contributed by atoms with Gasteiger partial charge in [0.1, 0.15) is 5.84 Å². The molecule has 0 aliphatic rings. The van der Waals surface area contributed by atoms with Crippen LogP contribution < -0.4 is 5.73 Å². The van der Waals surface area contributed by atoms with Gasteiger partial charge in [-0.3, -0.25) is 4.28 Å². The lowest BCUT2D eigenvalue weighted by atomic mass is 10.1. The second-order valence-electron chi connectivity index (χ2n) is 3.88. The van der Waals surface area contributed by atoms with Gasteiger partial charge in [0, 0.05) is 6.42 Å². The number of hydrogen-bond acceptors (Lipinski definition) is 4. The van der Waals surface area contributed by atoms with Gasteiger partial charge < -0.3 is 5.73 Å². The van der Waals surface area contributed by atoms with Gasteiger partial charge in [-0.15, -0.1) is 0 Å². The molecular formula is C10H22N2O3S. The normalized spacial score (nSPS) is 12.8. The highest BCUT2D eigenvalue weighted by molar-refractivity contribution is 7.85. The highest BCUT2D eigenvalue weighted by Gasteiger charge is 2.01. The zero-order chi connectivity index (χ0) is 12.4. The van der Waals surface area contributed by atoms with Crippen LogP contribution >= 0.6 is 0 Å². The summed E-state index contributed by atoms with van der Waals surface area (Å²) in [6.45, 7) is 2.17. The van der Waals surface area contributed by atoms with E-state index in [1.165, 1.54) is 25.7 Å². The lowest BCUT2D eigenvalue weighted by Gasteiger charge is -2.01. The van der Waals surface area contributed by atoms with E-state index in [9.17, 15) is 8.42 Å². The quantitative estimate of drug-likeness (QED) is 0.293. The fourth-order valence-electron chi connectivity index (χ4n) is 1.25. The van der Waals surface area contributed by atoms with E-state index in [0.29, 0.717) is 6.42 Å². The molecule has 0 atom stereocenters. The first-order chi connectivity index (χ1) is 7.45. The molecule has 0 aromatic heterocycles. The molecular weight excluding hydrogens is 228 g/mol. The molecule has 0 unspecified atom stereocenters. The summed E-state index contributed by atoms with van der Waals surface area (Å²) in [6.07, 6.45) is 8.46. The minimum Gasteiger partial charge on any atom is -0.384 e. The Morgan fingerprint density at radius 1 is 1.19 bits per heavy atom. The van der Waals surface area contributed by atoms with Crippen LogP contribution in [0.1, 0.15) is 51.9 Å². The fourth-order valence-corrected chi connectivity index (χ4v) is 1.48. The predicted molar refractivity (Wildman–Crippen MR) is 65.5 cm³/mol.